The number of carboxylic acid groups (broad SMARTS) is 6. The van der Waals surface area contributed by atoms with Crippen molar-refractivity contribution in [3.05, 3.63) is 208 Å². The zero-order chi connectivity index (χ0) is 90.9. The van der Waals surface area contributed by atoms with E-state index in [9.17, 15) is 59.4 Å². The Balaban J connectivity index is 0.000000185. The molecule has 0 atom stereocenters. The Kier molecular flexibility index (Phi) is 30.5. The van der Waals surface area contributed by atoms with Gasteiger partial charge in [0, 0.05) is 102 Å². The molecule has 15 rings (SSSR count). The van der Waals surface area contributed by atoms with Gasteiger partial charge in [-0.2, -0.15) is 0 Å². The number of H-pyrrole nitrogens is 6. The Bertz CT molecular complexity index is 6220. The van der Waals surface area contributed by atoms with E-state index in [4.69, 9.17) is 29.9 Å². The molecule has 0 amide bonds. The number of aliphatic carboxylic acids is 6. The zero-order valence-corrected chi connectivity index (χ0v) is 81.2. The van der Waals surface area contributed by atoms with Crippen molar-refractivity contribution in [3.8, 4) is 0 Å². The molecule has 0 unspecified atom stereocenters. The molecule has 128 heavy (non-hydrogen) atoms. The van der Waals surface area contributed by atoms with Gasteiger partial charge in [0.1, 0.15) is 0 Å². The number of carbonyl (C=O) groups excluding carboxylic acids is 6. The van der Waals surface area contributed by atoms with Gasteiger partial charge in [-0.15, -0.1) is 0 Å². The zero-order valence-electron chi connectivity index (χ0n) is 76.4. The van der Waals surface area contributed by atoms with E-state index in [2.05, 4.69) is 131 Å². The van der Waals surface area contributed by atoms with E-state index in [1.165, 1.54) is 16.7 Å². The number of allylic oxidation sites excluding steroid dienone is 12. The summed E-state index contributed by atoms with van der Waals surface area (Å²) in [6.07, 6.45) is 5.94. The first-order valence-corrected chi connectivity index (χ1v) is 43.7. The molecule has 0 fully saturated rings. The van der Waals surface area contributed by atoms with Crippen molar-refractivity contribution in [2.75, 3.05) is 0 Å². The second kappa shape index (κ2) is 40.5. The quantitative estimate of drug-likeness (QED) is 0.0306. The van der Waals surface area contributed by atoms with Gasteiger partial charge in [-0.3, -0.25) is 0 Å². The fourth-order valence-corrected chi connectivity index (χ4v) is 18.6. The summed E-state index contributed by atoms with van der Waals surface area (Å²) in [5, 5.41) is 68.5. The predicted octanol–water partition coefficient (Wildman–Crippen LogP) is 14.2. The van der Waals surface area contributed by atoms with Crippen molar-refractivity contribution >= 4 is 208 Å². The summed E-state index contributed by atoms with van der Waals surface area (Å²) in [7, 11) is 0. The average Bonchev–Trinajstić information content (AvgIpc) is 1.62. The Hall–Kier alpha value is -12.1. The van der Waals surface area contributed by atoms with Crippen LogP contribution in [0.15, 0.2) is 72.8 Å². The Morgan fingerprint density at radius 2 is 0.359 bits per heavy atom. The van der Waals surface area contributed by atoms with Gasteiger partial charge < -0.3 is 89.3 Å². The van der Waals surface area contributed by atoms with E-state index < -0.39 is 35.8 Å². The fourth-order valence-electron chi connectivity index (χ4n) is 18.6. The maximum Gasteiger partial charge on any atom is 3.00 e. The second-order valence-corrected chi connectivity index (χ2v) is 33.3. The first-order valence-electron chi connectivity index (χ1n) is 43.7. The minimum atomic E-state index is -1.12. The molecular weight excluding hydrogens is 1720 g/mol. The molecule has 24 nitrogen and oxygen atoms in total. The normalized spacial score (nSPS) is 13.1. The Morgan fingerprint density at radius 1 is 0.211 bits per heavy atom. The van der Waals surface area contributed by atoms with E-state index in [0.717, 1.165) is 273 Å². The van der Waals surface area contributed by atoms with Crippen molar-refractivity contribution in [2.45, 2.75) is 240 Å². The van der Waals surface area contributed by atoms with E-state index in [1.54, 1.807) is 0 Å². The van der Waals surface area contributed by atoms with Crippen LogP contribution in [-0.4, -0.2) is 135 Å². The van der Waals surface area contributed by atoms with Crippen LogP contribution in [0.25, 0.3) is 133 Å². The average molecular weight is 1830 g/mol. The summed E-state index contributed by atoms with van der Waals surface area (Å²) >= 11 is 0. The topological polar surface area (TPSA) is 413 Å². The van der Waals surface area contributed by atoms with Gasteiger partial charge >= 0.3 is 39.6 Å². The third kappa shape index (κ3) is 19.9. The van der Waals surface area contributed by atoms with Crippen molar-refractivity contribution in [1.82, 2.24) is 59.8 Å². The number of nitrogens with zero attached hydrogens (tertiary/aromatic N) is 6. The molecule has 0 aromatic carbocycles. The van der Waals surface area contributed by atoms with Gasteiger partial charge in [-0.05, 0) is 405 Å². The molecule has 24 bridgehead atoms. The Morgan fingerprint density at radius 3 is 0.547 bits per heavy atom. The minimum absolute atomic E-state index is 0. The summed E-state index contributed by atoms with van der Waals surface area (Å²) < 4.78 is 0. The van der Waals surface area contributed by atoms with E-state index >= 15 is 0 Å². The number of fused-ring (bicyclic) bond motifs is 24. The van der Waals surface area contributed by atoms with Crippen LogP contribution >= 0.6 is 0 Å². The standard InChI is InChI=1S/3C34H38N4O4.2Ga/c3*1-7-21-17(3)25-13-26-19(5)23(9-11-33(39)40)31(37-26)16-32-24(10-12-34(41)42)20(6)28(38-32)15-30-22(8-2)18(4)27(36-30)14-29(21)35-25;;/h3*13-16,35,38H,7-12H2,1-6H3,(H,39,40)(H,41,42);;/q;;;2*+3/p-6. The largest absolute Gasteiger partial charge is 3.00 e. The third-order valence-corrected chi connectivity index (χ3v) is 26.0. The molecule has 0 spiro atoms. The summed E-state index contributed by atoms with van der Waals surface area (Å²) in [6, 6.07) is 24.3. The first-order chi connectivity index (χ1) is 60.0. The van der Waals surface area contributed by atoms with Crippen LogP contribution in [0.2, 0.25) is 0 Å². The molecule has 6 aliphatic heterocycles. The summed E-state index contributed by atoms with van der Waals surface area (Å²) in [5.74, 6) is -6.72. The van der Waals surface area contributed by atoms with Crippen molar-refractivity contribution < 1.29 is 59.4 Å². The van der Waals surface area contributed by atoms with Crippen molar-refractivity contribution in [1.29, 1.82) is 0 Å². The maximum atomic E-state index is 11.4. The number of aromatic amines is 6. The molecule has 0 saturated carbocycles. The van der Waals surface area contributed by atoms with Gasteiger partial charge in [0.25, 0.3) is 0 Å². The number of aromatic nitrogens is 12. The van der Waals surface area contributed by atoms with Gasteiger partial charge in [-0.1, -0.05) is 41.5 Å². The molecule has 9 aromatic heterocycles. The van der Waals surface area contributed by atoms with Crippen LogP contribution in [0.3, 0.4) is 0 Å². The number of hydrogen-bond acceptors (Lipinski definition) is 18. The van der Waals surface area contributed by atoms with E-state index in [0.29, 0.717) is 17.1 Å². The molecule has 26 heteroatoms. The first kappa shape index (κ1) is 96.5. The van der Waals surface area contributed by atoms with Gasteiger partial charge in [0.15, 0.2) is 0 Å². The molecule has 15 heterocycles. The Labute approximate surface area is 770 Å². The van der Waals surface area contributed by atoms with Gasteiger partial charge in [0.05, 0.1) is 68.3 Å². The van der Waals surface area contributed by atoms with Gasteiger partial charge in [0.2, 0.25) is 0 Å². The molecule has 0 radical (unpaired) electrons. The summed E-state index contributed by atoms with van der Waals surface area (Å²) in [4.78, 5) is 120. The maximum absolute atomic E-state index is 11.4. The number of hydrogen-bond donors (Lipinski definition) is 6. The second-order valence-electron chi connectivity index (χ2n) is 33.3. The fraction of sp³-hybridized carbons (Fsp3) is 0.353. The van der Waals surface area contributed by atoms with Crippen LogP contribution in [0.1, 0.15) is 295 Å². The number of carboxylic acids is 6. The molecule has 0 saturated heterocycles. The SMILES string of the molecule is CCC1=C(C)c2cc3[nH]c(cc4nc(cc5[nH]c(cc1n2)c(C)c5CCC(=O)[O-])C(CCC(=O)[O-])=C4C)c(C)c3CC.CCC1=C(C)c2cc3[nH]c(cc4nc(cc5[nH]c(cc1n2)c(C)c5CCC(=O)[O-])C(CCC(=O)[O-])=C4C)c(C)c3CC.CCC1=C(C)c2cc3[nH]c(cc4nc(cc5[nH]c(cc1n2)c(C)c5CCC(=O)[O-])C(CCC(=O)[O-])=C4C)c(C)c3CC.[Ga+3].[Ga+3]. The van der Waals surface area contributed by atoms with Crippen LogP contribution in [-0.2, 0) is 67.3 Å². The monoisotopic (exact) mass is 1830 g/mol. The molecule has 0 aliphatic carbocycles. The van der Waals surface area contributed by atoms with Crippen LogP contribution in [0.4, 0.5) is 0 Å². The van der Waals surface area contributed by atoms with Crippen LogP contribution < -0.4 is 30.6 Å². The molecule has 654 valence electrons. The summed E-state index contributed by atoms with van der Waals surface area (Å²) in [6.45, 7) is 37.2. The van der Waals surface area contributed by atoms with Crippen molar-refractivity contribution in [2.24, 2.45) is 0 Å². The predicted molar refractivity (Wildman–Crippen MR) is 500 cm³/mol. The molecular formula is C102H108Ga2N12O12. The van der Waals surface area contributed by atoms with Gasteiger partial charge in [-0.25, -0.2) is 29.9 Å². The number of carbonyl (C=O) groups is 6. The number of aryl methyl sites for hydroxylation is 12. The molecule has 6 aliphatic rings. The minimum Gasteiger partial charge on any atom is -0.550 e. The summed E-state index contributed by atoms with van der Waals surface area (Å²) in [5.41, 5.74) is 44.8. The van der Waals surface area contributed by atoms with E-state index in [1.807, 2.05) is 96.1 Å². The van der Waals surface area contributed by atoms with E-state index in [-0.39, 0.29) is 117 Å². The van der Waals surface area contributed by atoms with Crippen molar-refractivity contribution in [3.63, 3.8) is 0 Å². The smallest absolute Gasteiger partial charge is 0.550 e. The molecule has 6 N–H and O–H groups in total. The van der Waals surface area contributed by atoms with Crippen LogP contribution in [0, 0.1) is 41.5 Å². The van der Waals surface area contributed by atoms with Crippen LogP contribution in [0.5, 0.6) is 0 Å². The third-order valence-electron chi connectivity index (χ3n) is 26.0. The molecule has 9 aromatic rings. The number of nitrogens with one attached hydrogen (secondary N) is 6. The number of rotatable bonds is 24.